The first-order chi connectivity index (χ1) is 14.9. The molecule has 0 N–H and O–H groups in total. The summed E-state index contributed by atoms with van der Waals surface area (Å²) in [6.45, 7) is 5.57. The van der Waals surface area contributed by atoms with Crippen LogP contribution in [0.1, 0.15) is 53.6 Å². The fourth-order valence-electron chi connectivity index (χ4n) is 3.77. The van der Waals surface area contributed by atoms with Crippen molar-refractivity contribution in [3.8, 4) is 5.75 Å². The number of aryl methyl sites for hydroxylation is 1. The Bertz CT molecular complexity index is 1160. The molecule has 0 atom stereocenters. The first-order valence-electron chi connectivity index (χ1n) is 10.7. The van der Waals surface area contributed by atoms with E-state index in [1.807, 2.05) is 12.3 Å². The van der Waals surface area contributed by atoms with Gasteiger partial charge in [0.2, 0.25) is 0 Å². The summed E-state index contributed by atoms with van der Waals surface area (Å²) >= 11 is 1.59. The fourth-order valence-corrected chi connectivity index (χ4v) is 4.64. The van der Waals surface area contributed by atoms with Crippen LogP contribution in [-0.4, -0.2) is 28.5 Å². The van der Waals surface area contributed by atoms with E-state index in [1.54, 1.807) is 22.0 Å². The minimum absolute atomic E-state index is 0.0709. The Hall–Kier alpha value is -2.70. The number of allylic oxidation sites excluding steroid dienone is 1. The number of aromatic nitrogens is 2. The third-order valence-corrected chi connectivity index (χ3v) is 6.24. The zero-order valence-corrected chi connectivity index (χ0v) is 19.4. The molecule has 0 bridgehead atoms. The van der Waals surface area contributed by atoms with E-state index in [0.717, 1.165) is 35.8 Å². The molecule has 0 spiro atoms. The first kappa shape index (κ1) is 21.5. The lowest BCUT2D eigenvalue weighted by Gasteiger charge is -2.20. The zero-order valence-electron chi connectivity index (χ0n) is 18.6. The second-order valence-electron chi connectivity index (χ2n) is 8.59. The van der Waals surface area contributed by atoms with Crippen LogP contribution in [-0.2, 0) is 19.6 Å². The Morgan fingerprint density at radius 2 is 2.03 bits per heavy atom. The van der Waals surface area contributed by atoms with Crippen molar-refractivity contribution in [1.29, 1.82) is 0 Å². The first-order valence-corrected chi connectivity index (χ1v) is 11.5. The highest BCUT2D eigenvalue weighted by Gasteiger charge is 2.14. The Morgan fingerprint density at radius 1 is 1.19 bits per heavy atom. The molecule has 2 aromatic heterocycles. The maximum absolute atomic E-state index is 12.8. The van der Waals surface area contributed by atoms with Crippen LogP contribution in [0.15, 0.2) is 46.7 Å². The highest BCUT2D eigenvalue weighted by Crippen LogP contribution is 2.27. The van der Waals surface area contributed by atoms with Gasteiger partial charge >= 0.3 is 0 Å². The number of hydrogen-bond acceptors (Lipinski definition) is 5. The van der Waals surface area contributed by atoms with Gasteiger partial charge in [0.1, 0.15) is 17.4 Å². The minimum atomic E-state index is -0.0709. The summed E-state index contributed by atoms with van der Waals surface area (Å²) in [4.78, 5) is 19.5. The summed E-state index contributed by atoms with van der Waals surface area (Å²) < 4.78 is 7.55. The highest BCUT2D eigenvalue weighted by molar-refractivity contribution is 7.09. The molecule has 162 valence electrons. The van der Waals surface area contributed by atoms with Crippen LogP contribution in [0.3, 0.4) is 0 Å². The number of fused-ring (bicyclic) bond motifs is 1. The molecule has 5 nitrogen and oxygen atoms in total. The number of pyridine rings is 1. The molecule has 0 radical (unpaired) electrons. The van der Waals surface area contributed by atoms with Gasteiger partial charge < -0.3 is 9.64 Å². The summed E-state index contributed by atoms with van der Waals surface area (Å²) in [6.07, 6.45) is 5.73. The van der Waals surface area contributed by atoms with Crippen molar-refractivity contribution in [2.24, 2.45) is 0 Å². The minimum Gasteiger partial charge on any atom is -0.486 e. The van der Waals surface area contributed by atoms with Crippen molar-refractivity contribution in [3.05, 3.63) is 79.7 Å². The van der Waals surface area contributed by atoms with Crippen LogP contribution in [0, 0.1) is 0 Å². The summed E-state index contributed by atoms with van der Waals surface area (Å²) in [6, 6.07) is 10.0. The Morgan fingerprint density at radius 3 is 2.74 bits per heavy atom. The van der Waals surface area contributed by atoms with Crippen LogP contribution in [0.5, 0.6) is 5.75 Å². The van der Waals surface area contributed by atoms with Crippen molar-refractivity contribution >= 4 is 23.1 Å². The predicted molar refractivity (Wildman–Crippen MR) is 128 cm³/mol. The number of rotatable bonds is 7. The summed E-state index contributed by atoms with van der Waals surface area (Å²) in [5, 5.41) is 2.99. The van der Waals surface area contributed by atoms with Crippen LogP contribution >= 0.6 is 11.3 Å². The molecule has 0 saturated carbocycles. The second-order valence-corrected chi connectivity index (χ2v) is 9.53. The van der Waals surface area contributed by atoms with E-state index in [4.69, 9.17) is 4.74 Å². The van der Waals surface area contributed by atoms with Crippen molar-refractivity contribution in [1.82, 2.24) is 14.5 Å². The maximum atomic E-state index is 12.8. The van der Waals surface area contributed by atoms with Crippen LogP contribution in [0.2, 0.25) is 0 Å². The standard InChI is InChI=1S/C25H29N3O2S/c1-17(2)23-16-31-24(26-23)15-30-22-9-10-28(25(29)13-22)21-8-7-19-11-18(14-27(3)4)5-6-20(19)12-21/h5-6,9-13,16-17H,7-8,14-15H2,1-4H3. The van der Waals surface area contributed by atoms with Crippen LogP contribution < -0.4 is 10.3 Å². The molecule has 31 heavy (non-hydrogen) atoms. The van der Waals surface area contributed by atoms with Crippen molar-refractivity contribution in [3.63, 3.8) is 0 Å². The van der Waals surface area contributed by atoms with Crippen LogP contribution in [0.4, 0.5) is 0 Å². The van der Waals surface area contributed by atoms with Gasteiger partial charge in [0.25, 0.3) is 5.56 Å². The van der Waals surface area contributed by atoms with E-state index >= 15 is 0 Å². The van der Waals surface area contributed by atoms with Gasteiger partial charge in [-0.25, -0.2) is 4.98 Å². The number of nitrogens with zero attached hydrogens (tertiary/aromatic N) is 3. The van der Waals surface area contributed by atoms with Crippen molar-refractivity contribution in [2.45, 2.75) is 45.8 Å². The lowest BCUT2D eigenvalue weighted by Crippen LogP contribution is -2.19. The van der Waals surface area contributed by atoms with Crippen molar-refractivity contribution in [2.75, 3.05) is 14.1 Å². The quantitative estimate of drug-likeness (QED) is 0.523. The molecule has 6 heteroatoms. The smallest absolute Gasteiger partial charge is 0.258 e. The molecule has 4 rings (SSSR count). The Labute approximate surface area is 187 Å². The van der Waals surface area contributed by atoms with Gasteiger partial charge in [0, 0.05) is 29.9 Å². The molecular weight excluding hydrogens is 406 g/mol. The van der Waals surface area contributed by atoms with E-state index in [1.165, 1.54) is 16.7 Å². The molecule has 1 aliphatic rings. The van der Waals surface area contributed by atoms with Crippen molar-refractivity contribution < 1.29 is 4.74 Å². The van der Waals surface area contributed by atoms with Gasteiger partial charge in [0.05, 0.1) is 5.69 Å². The molecule has 0 unspecified atom stereocenters. The molecule has 0 aliphatic heterocycles. The van der Waals surface area contributed by atoms with Gasteiger partial charge in [-0.05, 0) is 61.7 Å². The summed E-state index contributed by atoms with van der Waals surface area (Å²) in [7, 11) is 4.16. The molecule has 2 heterocycles. The van der Waals surface area contributed by atoms with E-state index in [0.29, 0.717) is 18.3 Å². The maximum Gasteiger partial charge on any atom is 0.258 e. The number of hydrogen-bond donors (Lipinski definition) is 0. The molecule has 0 fully saturated rings. The predicted octanol–water partition coefficient (Wildman–Crippen LogP) is 5.01. The third-order valence-electron chi connectivity index (χ3n) is 5.40. The molecule has 0 saturated heterocycles. The average Bonchev–Trinajstić information content (AvgIpc) is 3.21. The Balaban J connectivity index is 1.47. The van der Waals surface area contributed by atoms with E-state index < -0.39 is 0 Å². The van der Waals surface area contributed by atoms with Gasteiger partial charge in [-0.2, -0.15) is 0 Å². The molecular formula is C25H29N3O2S. The van der Waals surface area contributed by atoms with Gasteiger partial charge in [0.15, 0.2) is 0 Å². The summed E-state index contributed by atoms with van der Waals surface area (Å²) in [5.41, 5.74) is 5.89. The normalized spacial score (nSPS) is 13.4. The van der Waals surface area contributed by atoms with Gasteiger partial charge in [-0.3, -0.25) is 9.36 Å². The fraction of sp³-hybridized carbons (Fsp3) is 0.360. The lowest BCUT2D eigenvalue weighted by atomic mass is 9.93. The van der Waals surface area contributed by atoms with Gasteiger partial charge in [-0.1, -0.05) is 32.0 Å². The monoisotopic (exact) mass is 435 g/mol. The van der Waals surface area contributed by atoms with E-state index in [2.05, 4.69) is 67.5 Å². The number of thiazole rings is 1. The molecule has 3 aromatic rings. The SMILES string of the molecule is CC(C)c1csc(COc2ccn(C3=Cc4ccc(CN(C)C)cc4CC3)c(=O)c2)n1. The second kappa shape index (κ2) is 9.20. The van der Waals surface area contributed by atoms with E-state index in [9.17, 15) is 4.79 Å². The molecule has 0 amide bonds. The average molecular weight is 436 g/mol. The number of ether oxygens (including phenoxy) is 1. The summed E-state index contributed by atoms with van der Waals surface area (Å²) in [5.74, 6) is 0.982. The lowest BCUT2D eigenvalue weighted by molar-refractivity contribution is 0.304. The largest absolute Gasteiger partial charge is 0.486 e. The molecule has 1 aliphatic carbocycles. The van der Waals surface area contributed by atoms with Gasteiger partial charge in [-0.15, -0.1) is 11.3 Å². The number of benzene rings is 1. The highest BCUT2D eigenvalue weighted by atomic mass is 32.1. The van der Waals surface area contributed by atoms with Crippen LogP contribution in [0.25, 0.3) is 11.8 Å². The van der Waals surface area contributed by atoms with E-state index in [-0.39, 0.29) is 5.56 Å². The zero-order chi connectivity index (χ0) is 22.0. The third kappa shape index (κ3) is 5.14. The Kier molecular flexibility index (Phi) is 6.39. The molecule has 1 aromatic carbocycles. The topological polar surface area (TPSA) is 47.4 Å².